The first-order chi connectivity index (χ1) is 14.1. The van der Waals surface area contributed by atoms with Crippen LogP contribution in [0.3, 0.4) is 0 Å². The van der Waals surface area contributed by atoms with Crippen molar-refractivity contribution in [3.63, 3.8) is 0 Å². The predicted molar refractivity (Wildman–Crippen MR) is 121 cm³/mol. The fourth-order valence-electron chi connectivity index (χ4n) is 3.09. The Kier molecular flexibility index (Phi) is 6.33. The van der Waals surface area contributed by atoms with Gasteiger partial charge in [0.1, 0.15) is 5.82 Å². The number of nitrogens with one attached hydrogen (secondary N) is 2. The van der Waals surface area contributed by atoms with Gasteiger partial charge in [-0.3, -0.25) is 9.10 Å². The summed E-state index contributed by atoms with van der Waals surface area (Å²) < 4.78 is 25.7. The van der Waals surface area contributed by atoms with Crippen molar-refractivity contribution in [2.45, 2.75) is 26.8 Å². The van der Waals surface area contributed by atoms with E-state index in [1.54, 1.807) is 25.1 Å². The van der Waals surface area contributed by atoms with Crippen LogP contribution in [-0.2, 0) is 10.0 Å². The molecule has 3 aromatic rings. The van der Waals surface area contributed by atoms with E-state index in [0.717, 1.165) is 11.6 Å². The van der Waals surface area contributed by atoms with E-state index in [4.69, 9.17) is 11.6 Å². The van der Waals surface area contributed by atoms with Crippen molar-refractivity contribution in [2.75, 3.05) is 22.4 Å². The number of benzene rings is 1. The Morgan fingerprint density at radius 1 is 1.23 bits per heavy atom. The molecule has 1 atom stereocenters. The first-order valence-corrected chi connectivity index (χ1v) is 11.7. The van der Waals surface area contributed by atoms with E-state index in [0.29, 0.717) is 22.6 Å². The van der Waals surface area contributed by atoms with E-state index in [1.807, 2.05) is 26.0 Å². The molecule has 160 valence electrons. The molecule has 0 spiro atoms. The molecule has 3 rings (SSSR count). The number of para-hydroxylation sites is 1. The molecule has 2 aromatic heterocycles. The summed E-state index contributed by atoms with van der Waals surface area (Å²) in [4.78, 5) is 23.9. The summed E-state index contributed by atoms with van der Waals surface area (Å²) in [7, 11) is -3.50. The molecule has 0 fully saturated rings. The van der Waals surface area contributed by atoms with Crippen molar-refractivity contribution < 1.29 is 8.42 Å². The first-order valence-electron chi connectivity index (χ1n) is 9.45. The molecular formula is C20H24ClN5O3S. The average molecular weight is 450 g/mol. The van der Waals surface area contributed by atoms with E-state index in [-0.39, 0.29) is 23.2 Å². The minimum atomic E-state index is -3.50. The van der Waals surface area contributed by atoms with Crippen LogP contribution >= 0.6 is 11.6 Å². The van der Waals surface area contributed by atoms with Gasteiger partial charge in [-0.1, -0.05) is 37.6 Å². The lowest BCUT2D eigenvalue weighted by atomic mass is 10.1. The molecule has 2 heterocycles. The van der Waals surface area contributed by atoms with Crippen LogP contribution in [0.15, 0.2) is 41.3 Å². The molecule has 0 bridgehead atoms. The zero-order valence-corrected chi connectivity index (χ0v) is 18.8. The minimum Gasteiger partial charge on any atom is -0.347 e. The van der Waals surface area contributed by atoms with Gasteiger partial charge in [-0.15, -0.1) is 0 Å². The van der Waals surface area contributed by atoms with Gasteiger partial charge in [0.25, 0.3) is 5.56 Å². The Morgan fingerprint density at radius 3 is 2.63 bits per heavy atom. The van der Waals surface area contributed by atoms with Gasteiger partial charge < -0.3 is 10.3 Å². The molecule has 0 saturated heterocycles. The number of rotatable bonds is 7. The number of aromatic nitrogens is 3. The van der Waals surface area contributed by atoms with Crippen molar-refractivity contribution >= 4 is 44.3 Å². The van der Waals surface area contributed by atoms with Crippen LogP contribution in [0.1, 0.15) is 32.4 Å². The minimum absolute atomic E-state index is 0.119. The molecule has 8 nitrogen and oxygen atoms in total. The standard InChI is InChI=1S/C20H24ClN5O3S/c1-12(2)11-26(30(4,28)29)17-8-9-22-20(24-17)23-13(3)15-10-14-6-5-7-16(21)18(14)25-19(15)27/h5-10,12-13H,11H2,1-4H3,(H,25,27)(H,22,23,24)/t13-/m0/s1. The Morgan fingerprint density at radius 2 is 1.97 bits per heavy atom. The normalized spacial score (nSPS) is 12.9. The van der Waals surface area contributed by atoms with Gasteiger partial charge in [0.15, 0.2) is 0 Å². The quantitative estimate of drug-likeness (QED) is 0.570. The van der Waals surface area contributed by atoms with Crippen LogP contribution in [0.5, 0.6) is 0 Å². The Labute approximate surface area is 180 Å². The molecule has 0 aliphatic heterocycles. The summed E-state index contributed by atoms with van der Waals surface area (Å²) >= 11 is 6.15. The van der Waals surface area contributed by atoms with Crippen LogP contribution in [0.4, 0.5) is 11.8 Å². The maximum Gasteiger partial charge on any atom is 0.253 e. The SMILES string of the molecule is CC(C)CN(c1ccnc(N[C@@H](C)c2cc3cccc(Cl)c3[nH]c2=O)n1)S(C)(=O)=O. The number of hydrogen-bond acceptors (Lipinski definition) is 6. The highest BCUT2D eigenvalue weighted by atomic mass is 35.5. The van der Waals surface area contributed by atoms with Crippen molar-refractivity contribution in [3.05, 3.63) is 57.5 Å². The predicted octanol–water partition coefficient (Wildman–Crippen LogP) is 3.57. The monoisotopic (exact) mass is 449 g/mol. The van der Waals surface area contributed by atoms with Crippen molar-refractivity contribution in [2.24, 2.45) is 5.92 Å². The first kappa shape index (κ1) is 22.0. The fraction of sp³-hybridized carbons (Fsp3) is 0.350. The summed E-state index contributed by atoms with van der Waals surface area (Å²) in [5, 5.41) is 4.36. The van der Waals surface area contributed by atoms with Crippen molar-refractivity contribution in [1.82, 2.24) is 15.0 Å². The summed E-state index contributed by atoms with van der Waals surface area (Å²) in [5.74, 6) is 0.617. The van der Waals surface area contributed by atoms with Crippen LogP contribution in [0.25, 0.3) is 10.9 Å². The van der Waals surface area contributed by atoms with Crippen molar-refractivity contribution in [3.8, 4) is 0 Å². The second-order valence-electron chi connectivity index (χ2n) is 7.55. The maximum absolute atomic E-state index is 12.6. The number of pyridine rings is 1. The molecule has 0 radical (unpaired) electrons. The van der Waals surface area contributed by atoms with Gasteiger partial charge in [-0.2, -0.15) is 4.98 Å². The summed E-state index contributed by atoms with van der Waals surface area (Å²) in [6, 6.07) is 8.27. The van der Waals surface area contributed by atoms with Gasteiger partial charge >= 0.3 is 0 Å². The molecule has 2 N–H and O–H groups in total. The third kappa shape index (κ3) is 4.91. The zero-order chi connectivity index (χ0) is 22.1. The lowest BCUT2D eigenvalue weighted by Crippen LogP contribution is -2.34. The lowest BCUT2D eigenvalue weighted by Gasteiger charge is -2.23. The number of hydrogen-bond donors (Lipinski definition) is 2. The van der Waals surface area contributed by atoms with Crippen molar-refractivity contribution in [1.29, 1.82) is 0 Å². The highest BCUT2D eigenvalue weighted by Gasteiger charge is 2.21. The van der Waals surface area contributed by atoms with Crippen LogP contribution in [0, 0.1) is 5.92 Å². The Hall–Kier alpha value is -2.65. The van der Waals surface area contributed by atoms with Gasteiger partial charge in [-0.25, -0.2) is 13.4 Å². The van der Waals surface area contributed by atoms with E-state index in [1.165, 1.54) is 10.5 Å². The number of halogens is 1. The highest BCUT2D eigenvalue weighted by molar-refractivity contribution is 7.92. The second-order valence-corrected chi connectivity index (χ2v) is 9.86. The molecule has 0 amide bonds. The molecule has 0 saturated carbocycles. The Bertz CT molecular complexity index is 1230. The smallest absolute Gasteiger partial charge is 0.253 e. The topological polar surface area (TPSA) is 108 Å². The van der Waals surface area contributed by atoms with Gasteiger partial charge in [0, 0.05) is 29.8 Å². The molecule has 0 aliphatic carbocycles. The second kappa shape index (κ2) is 8.61. The third-order valence-corrected chi connectivity index (χ3v) is 5.95. The third-order valence-electron chi connectivity index (χ3n) is 4.50. The van der Waals surface area contributed by atoms with Gasteiger partial charge in [0.2, 0.25) is 16.0 Å². The number of H-pyrrole nitrogens is 1. The molecule has 30 heavy (non-hydrogen) atoms. The van der Waals surface area contributed by atoms with Crippen LogP contribution < -0.4 is 15.2 Å². The number of fused-ring (bicyclic) bond motifs is 1. The van der Waals surface area contributed by atoms with E-state index in [2.05, 4.69) is 20.3 Å². The highest BCUT2D eigenvalue weighted by Crippen LogP contribution is 2.24. The van der Waals surface area contributed by atoms with E-state index in [9.17, 15) is 13.2 Å². The van der Waals surface area contributed by atoms with Gasteiger partial charge in [-0.05, 0) is 25.0 Å². The molecular weight excluding hydrogens is 426 g/mol. The average Bonchev–Trinajstić information content (AvgIpc) is 2.65. The fourth-order valence-corrected chi connectivity index (χ4v) is 4.33. The number of nitrogens with zero attached hydrogens (tertiary/aromatic N) is 3. The molecule has 0 unspecified atom stereocenters. The van der Waals surface area contributed by atoms with Gasteiger partial charge in [0.05, 0.1) is 22.8 Å². The summed E-state index contributed by atoms with van der Waals surface area (Å²) in [6.45, 7) is 5.97. The molecule has 10 heteroatoms. The number of sulfonamides is 1. The largest absolute Gasteiger partial charge is 0.347 e. The lowest BCUT2D eigenvalue weighted by molar-refractivity contribution is 0.582. The van der Waals surface area contributed by atoms with E-state index >= 15 is 0 Å². The number of aromatic amines is 1. The van der Waals surface area contributed by atoms with Crippen LogP contribution in [-0.4, -0.2) is 36.2 Å². The maximum atomic E-state index is 12.6. The molecule has 1 aromatic carbocycles. The summed E-state index contributed by atoms with van der Waals surface area (Å²) in [6.07, 6.45) is 2.63. The van der Waals surface area contributed by atoms with Crippen LogP contribution in [0.2, 0.25) is 5.02 Å². The van der Waals surface area contributed by atoms with E-state index < -0.39 is 16.1 Å². The Balaban J connectivity index is 1.92. The zero-order valence-electron chi connectivity index (χ0n) is 17.2. The summed E-state index contributed by atoms with van der Waals surface area (Å²) in [5.41, 5.74) is 0.793. The molecule has 0 aliphatic rings. The number of anilines is 2.